The third-order valence-corrected chi connectivity index (χ3v) is 3.69. The van der Waals surface area contributed by atoms with Crippen molar-refractivity contribution in [2.75, 3.05) is 13.1 Å². The molecule has 0 spiro atoms. The van der Waals surface area contributed by atoms with Gasteiger partial charge in [-0.25, -0.2) is 4.98 Å². The third kappa shape index (κ3) is 3.22. The van der Waals surface area contributed by atoms with Crippen LogP contribution in [-0.4, -0.2) is 42.9 Å². The molecule has 0 bridgehead atoms. The standard InChI is InChI=1S/C13H20N6O/c1-2-13-16-12(17-20-13)8-18-5-3-4-11(6-18)7-19-10-14-9-15-19/h9-11H,2-8H2,1H3/t11-/m0/s1. The first kappa shape index (κ1) is 13.2. The highest BCUT2D eigenvalue weighted by atomic mass is 16.5. The lowest BCUT2D eigenvalue weighted by Gasteiger charge is -2.31. The Hall–Kier alpha value is -1.76. The van der Waals surface area contributed by atoms with Crippen LogP contribution in [-0.2, 0) is 19.5 Å². The normalized spacial score (nSPS) is 20.4. The molecule has 1 fully saturated rings. The monoisotopic (exact) mass is 276 g/mol. The average molecular weight is 276 g/mol. The van der Waals surface area contributed by atoms with Gasteiger partial charge in [0.1, 0.15) is 12.7 Å². The Morgan fingerprint density at radius 1 is 1.45 bits per heavy atom. The van der Waals surface area contributed by atoms with Gasteiger partial charge in [0.15, 0.2) is 5.82 Å². The van der Waals surface area contributed by atoms with E-state index in [1.807, 2.05) is 11.6 Å². The van der Waals surface area contributed by atoms with E-state index >= 15 is 0 Å². The van der Waals surface area contributed by atoms with E-state index in [0.717, 1.165) is 44.3 Å². The van der Waals surface area contributed by atoms with Gasteiger partial charge in [-0.2, -0.15) is 10.1 Å². The Morgan fingerprint density at radius 2 is 2.40 bits per heavy atom. The molecule has 1 atom stereocenters. The molecule has 0 radical (unpaired) electrons. The van der Waals surface area contributed by atoms with Gasteiger partial charge in [-0.05, 0) is 25.3 Å². The highest BCUT2D eigenvalue weighted by Gasteiger charge is 2.22. The quantitative estimate of drug-likeness (QED) is 0.815. The van der Waals surface area contributed by atoms with Crippen LogP contribution in [0.3, 0.4) is 0 Å². The molecule has 3 rings (SSSR count). The predicted octanol–water partition coefficient (Wildman–Crippen LogP) is 1.14. The first-order valence-electron chi connectivity index (χ1n) is 7.19. The highest BCUT2D eigenvalue weighted by Crippen LogP contribution is 2.19. The fraction of sp³-hybridized carbons (Fsp3) is 0.692. The van der Waals surface area contributed by atoms with Gasteiger partial charge >= 0.3 is 0 Å². The lowest BCUT2D eigenvalue weighted by molar-refractivity contribution is 0.149. The Bertz CT molecular complexity index is 523. The smallest absolute Gasteiger partial charge is 0.226 e. The zero-order valence-corrected chi connectivity index (χ0v) is 11.8. The molecule has 7 heteroatoms. The molecule has 0 aromatic carbocycles. The van der Waals surface area contributed by atoms with Crippen molar-refractivity contribution in [3.63, 3.8) is 0 Å². The molecule has 3 heterocycles. The summed E-state index contributed by atoms with van der Waals surface area (Å²) in [5, 5.41) is 8.21. The molecule has 0 N–H and O–H groups in total. The number of hydrogen-bond acceptors (Lipinski definition) is 6. The van der Waals surface area contributed by atoms with Gasteiger partial charge in [-0.15, -0.1) is 0 Å². The summed E-state index contributed by atoms with van der Waals surface area (Å²) in [5.74, 6) is 2.13. The van der Waals surface area contributed by atoms with Crippen molar-refractivity contribution in [1.82, 2.24) is 29.8 Å². The van der Waals surface area contributed by atoms with Crippen molar-refractivity contribution in [2.24, 2.45) is 5.92 Å². The Kier molecular flexibility index (Phi) is 4.05. The van der Waals surface area contributed by atoms with E-state index in [-0.39, 0.29) is 0 Å². The van der Waals surface area contributed by atoms with Crippen LogP contribution in [0.5, 0.6) is 0 Å². The lowest BCUT2D eigenvalue weighted by Crippen LogP contribution is -2.36. The SMILES string of the molecule is CCc1nc(CN2CCC[C@H](Cn3cncn3)C2)no1. The first-order valence-corrected chi connectivity index (χ1v) is 7.19. The number of likely N-dealkylation sites (tertiary alicyclic amines) is 1. The Labute approximate surface area is 118 Å². The first-order chi connectivity index (χ1) is 9.83. The molecule has 2 aromatic heterocycles. The number of hydrogen-bond donors (Lipinski definition) is 0. The van der Waals surface area contributed by atoms with E-state index in [4.69, 9.17) is 4.52 Å². The van der Waals surface area contributed by atoms with E-state index in [1.54, 1.807) is 12.7 Å². The molecule has 0 unspecified atom stereocenters. The fourth-order valence-electron chi connectivity index (χ4n) is 2.73. The second kappa shape index (κ2) is 6.13. The number of nitrogens with zero attached hydrogens (tertiary/aromatic N) is 6. The summed E-state index contributed by atoms with van der Waals surface area (Å²) in [6.07, 6.45) is 6.61. The van der Waals surface area contributed by atoms with Crippen molar-refractivity contribution in [1.29, 1.82) is 0 Å². The molecule has 0 saturated carbocycles. The van der Waals surface area contributed by atoms with Crippen LogP contribution in [0.15, 0.2) is 17.2 Å². The summed E-state index contributed by atoms with van der Waals surface area (Å²) in [6, 6.07) is 0. The van der Waals surface area contributed by atoms with Crippen molar-refractivity contribution in [3.8, 4) is 0 Å². The molecular weight excluding hydrogens is 256 g/mol. The van der Waals surface area contributed by atoms with Crippen molar-refractivity contribution < 1.29 is 4.52 Å². The largest absolute Gasteiger partial charge is 0.339 e. The van der Waals surface area contributed by atoms with Gasteiger partial charge < -0.3 is 4.52 Å². The van der Waals surface area contributed by atoms with E-state index in [2.05, 4.69) is 25.1 Å². The maximum atomic E-state index is 5.16. The summed E-state index contributed by atoms with van der Waals surface area (Å²) >= 11 is 0. The topological polar surface area (TPSA) is 72.9 Å². The maximum Gasteiger partial charge on any atom is 0.226 e. The Balaban J connectivity index is 1.54. The summed E-state index contributed by atoms with van der Waals surface area (Å²) in [7, 11) is 0. The van der Waals surface area contributed by atoms with Gasteiger partial charge in [-0.1, -0.05) is 12.1 Å². The number of rotatable bonds is 5. The van der Waals surface area contributed by atoms with Crippen LogP contribution in [0.1, 0.15) is 31.5 Å². The summed E-state index contributed by atoms with van der Waals surface area (Å²) in [4.78, 5) is 10.8. The number of piperidine rings is 1. The average Bonchev–Trinajstić information content (AvgIpc) is 3.11. The van der Waals surface area contributed by atoms with Crippen molar-refractivity contribution in [2.45, 2.75) is 39.3 Å². The molecule has 0 aliphatic carbocycles. The molecule has 7 nitrogen and oxygen atoms in total. The highest BCUT2D eigenvalue weighted by molar-refractivity contribution is 4.87. The second-order valence-electron chi connectivity index (χ2n) is 5.32. The molecule has 20 heavy (non-hydrogen) atoms. The van der Waals surface area contributed by atoms with Crippen molar-refractivity contribution >= 4 is 0 Å². The lowest BCUT2D eigenvalue weighted by atomic mass is 9.98. The minimum atomic E-state index is 0.614. The van der Waals surface area contributed by atoms with Crippen LogP contribution in [0.25, 0.3) is 0 Å². The summed E-state index contributed by atoms with van der Waals surface area (Å²) < 4.78 is 7.07. The van der Waals surface area contributed by atoms with Crippen molar-refractivity contribution in [3.05, 3.63) is 24.4 Å². The molecule has 1 saturated heterocycles. The predicted molar refractivity (Wildman–Crippen MR) is 71.7 cm³/mol. The van der Waals surface area contributed by atoms with E-state index in [0.29, 0.717) is 5.92 Å². The zero-order valence-electron chi connectivity index (χ0n) is 11.8. The fourth-order valence-corrected chi connectivity index (χ4v) is 2.73. The van der Waals surface area contributed by atoms with Crippen LogP contribution in [0.2, 0.25) is 0 Å². The van der Waals surface area contributed by atoms with Gasteiger partial charge in [0.25, 0.3) is 0 Å². The van der Waals surface area contributed by atoms with Gasteiger partial charge in [0.05, 0.1) is 6.54 Å². The molecule has 1 aliphatic rings. The third-order valence-electron chi connectivity index (χ3n) is 3.69. The molecule has 1 aliphatic heterocycles. The molecule has 2 aromatic rings. The van der Waals surface area contributed by atoms with E-state index in [9.17, 15) is 0 Å². The minimum Gasteiger partial charge on any atom is -0.339 e. The summed E-state index contributed by atoms with van der Waals surface area (Å²) in [5.41, 5.74) is 0. The summed E-state index contributed by atoms with van der Waals surface area (Å²) in [6.45, 7) is 5.88. The second-order valence-corrected chi connectivity index (χ2v) is 5.32. The number of aromatic nitrogens is 5. The maximum absolute atomic E-state index is 5.16. The molecule has 0 amide bonds. The Morgan fingerprint density at radius 3 is 3.15 bits per heavy atom. The van der Waals surface area contributed by atoms with Crippen LogP contribution < -0.4 is 0 Å². The van der Waals surface area contributed by atoms with E-state index in [1.165, 1.54) is 12.8 Å². The molecular formula is C13H20N6O. The molecule has 108 valence electrons. The number of aryl methyl sites for hydroxylation is 1. The van der Waals surface area contributed by atoms with Crippen LogP contribution in [0.4, 0.5) is 0 Å². The van der Waals surface area contributed by atoms with Gasteiger partial charge in [0, 0.05) is 19.5 Å². The van der Waals surface area contributed by atoms with Gasteiger partial charge in [0.2, 0.25) is 5.89 Å². The van der Waals surface area contributed by atoms with Crippen LogP contribution >= 0.6 is 0 Å². The minimum absolute atomic E-state index is 0.614. The van der Waals surface area contributed by atoms with E-state index < -0.39 is 0 Å². The van der Waals surface area contributed by atoms with Gasteiger partial charge in [-0.3, -0.25) is 9.58 Å². The van der Waals surface area contributed by atoms with Crippen LogP contribution in [0, 0.1) is 5.92 Å². The zero-order chi connectivity index (χ0) is 13.8.